The van der Waals surface area contributed by atoms with Crippen LogP contribution in [0.5, 0.6) is 17.2 Å². The van der Waals surface area contributed by atoms with Crippen LogP contribution in [0.15, 0.2) is 59.1 Å². The molecule has 3 aromatic rings. The third-order valence-corrected chi connectivity index (χ3v) is 6.84. The van der Waals surface area contributed by atoms with Gasteiger partial charge in [0.15, 0.2) is 11.5 Å². The summed E-state index contributed by atoms with van der Waals surface area (Å²) in [6.07, 6.45) is -0.447. The van der Waals surface area contributed by atoms with Crippen molar-refractivity contribution in [2.45, 2.75) is 12.2 Å². The summed E-state index contributed by atoms with van der Waals surface area (Å²) in [5.74, 6) is 1.14. The minimum atomic E-state index is -0.447. The standard InChI is InChI=1S/C26H26BrClN2O5/c1-32-21-11-15(12-22(33-2)25(21)35-4)26-29-20-10-9-16(27)13-18(20)24(30(26)14-23(31)34-3)17-7-5-6-8-19(17)28/h5-13,24,26,29H,14H2,1-4H3/t24-,26-/m0/s1. The van der Waals surface area contributed by atoms with Crippen LogP contribution in [0.25, 0.3) is 0 Å². The summed E-state index contributed by atoms with van der Waals surface area (Å²) < 4.78 is 22.7. The molecule has 184 valence electrons. The maximum absolute atomic E-state index is 12.6. The van der Waals surface area contributed by atoms with Crippen LogP contribution in [-0.2, 0) is 9.53 Å². The monoisotopic (exact) mass is 560 g/mol. The molecule has 7 nitrogen and oxygen atoms in total. The quantitative estimate of drug-likeness (QED) is 0.365. The van der Waals surface area contributed by atoms with E-state index < -0.39 is 6.17 Å². The van der Waals surface area contributed by atoms with Gasteiger partial charge in [0, 0.05) is 15.2 Å². The minimum Gasteiger partial charge on any atom is -0.493 e. The largest absolute Gasteiger partial charge is 0.493 e. The van der Waals surface area contributed by atoms with E-state index in [1.165, 1.54) is 7.11 Å². The average molecular weight is 562 g/mol. The number of hydrogen-bond acceptors (Lipinski definition) is 7. The number of halogens is 2. The number of carbonyl (C=O) groups excluding carboxylic acids is 1. The predicted octanol–water partition coefficient (Wildman–Crippen LogP) is 5.82. The Morgan fingerprint density at radius 1 is 0.971 bits per heavy atom. The van der Waals surface area contributed by atoms with E-state index in [1.807, 2.05) is 59.5 Å². The van der Waals surface area contributed by atoms with Gasteiger partial charge >= 0.3 is 5.97 Å². The highest BCUT2D eigenvalue weighted by atomic mass is 79.9. The number of benzene rings is 3. The van der Waals surface area contributed by atoms with Crippen LogP contribution in [0.2, 0.25) is 5.02 Å². The summed E-state index contributed by atoms with van der Waals surface area (Å²) in [5.41, 5.74) is 3.57. The smallest absolute Gasteiger partial charge is 0.319 e. The van der Waals surface area contributed by atoms with Crippen molar-refractivity contribution >= 4 is 39.2 Å². The average Bonchev–Trinajstić information content (AvgIpc) is 2.87. The number of hydrogen-bond donors (Lipinski definition) is 1. The van der Waals surface area contributed by atoms with E-state index in [0.717, 1.165) is 26.9 Å². The number of ether oxygens (including phenoxy) is 4. The molecule has 1 aliphatic rings. The Labute approximate surface area is 218 Å². The van der Waals surface area contributed by atoms with Gasteiger partial charge in [-0.15, -0.1) is 0 Å². The lowest BCUT2D eigenvalue weighted by Crippen LogP contribution is -2.44. The van der Waals surface area contributed by atoms with Crippen molar-refractivity contribution in [1.29, 1.82) is 0 Å². The Hall–Kier alpha value is -2.94. The Morgan fingerprint density at radius 2 is 1.66 bits per heavy atom. The Balaban J connectivity index is 1.96. The molecular formula is C26H26BrClN2O5. The minimum absolute atomic E-state index is 0.00662. The Kier molecular flexibility index (Phi) is 7.74. The van der Waals surface area contributed by atoms with Gasteiger partial charge in [-0.2, -0.15) is 0 Å². The van der Waals surface area contributed by atoms with Crippen LogP contribution in [0.1, 0.15) is 28.9 Å². The number of fused-ring (bicyclic) bond motifs is 1. The van der Waals surface area contributed by atoms with Gasteiger partial charge in [0.25, 0.3) is 0 Å². The Morgan fingerprint density at radius 3 is 2.26 bits per heavy atom. The van der Waals surface area contributed by atoms with Gasteiger partial charge in [-0.05, 0) is 53.1 Å². The van der Waals surface area contributed by atoms with E-state index in [2.05, 4.69) is 21.2 Å². The third-order valence-electron chi connectivity index (χ3n) is 6.01. The number of nitrogens with one attached hydrogen (secondary N) is 1. The molecule has 2 atom stereocenters. The maximum Gasteiger partial charge on any atom is 0.319 e. The lowest BCUT2D eigenvalue weighted by atomic mass is 9.91. The molecular weight excluding hydrogens is 536 g/mol. The molecule has 0 aromatic heterocycles. The molecule has 1 aliphatic heterocycles. The zero-order chi connectivity index (χ0) is 25.1. The first-order chi connectivity index (χ1) is 16.9. The molecule has 0 amide bonds. The van der Waals surface area contributed by atoms with E-state index in [0.29, 0.717) is 22.3 Å². The SMILES string of the molecule is COC(=O)CN1[C@@H](c2ccccc2Cl)c2cc(Br)ccc2N[C@@H]1c1cc(OC)c(OC)c(OC)c1. The van der Waals surface area contributed by atoms with E-state index in [4.69, 9.17) is 30.5 Å². The lowest BCUT2D eigenvalue weighted by molar-refractivity contribution is -0.143. The van der Waals surface area contributed by atoms with E-state index >= 15 is 0 Å². The Bertz CT molecular complexity index is 1210. The highest BCUT2D eigenvalue weighted by molar-refractivity contribution is 9.10. The van der Waals surface area contributed by atoms with Gasteiger partial charge < -0.3 is 24.3 Å². The highest BCUT2D eigenvalue weighted by Gasteiger charge is 2.39. The number of methoxy groups -OCH3 is 4. The van der Waals surface area contributed by atoms with E-state index in [1.54, 1.807) is 21.3 Å². The number of nitrogens with zero attached hydrogens (tertiary/aromatic N) is 1. The van der Waals surface area contributed by atoms with Crippen molar-refractivity contribution in [3.05, 3.63) is 80.8 Å². The number of carbonyl (C=O) groups is 1. The molecule has 9 heteroatoms. The summed E-state index contributed by atoms with van der Waals surface area (Å²) in [6.45, 7) is 0.00662. The lowest BCUT2D eigenvalue weighted by Gasteiger charge is -2.44. The molecule has 1 heterocycles. The summed E-state index contributed by atoms with van der Waals surface area (Å²) in [6, 6.07) is 17.0. The van der Waals surface area contributed by atoms with Crippen molar-refractivity contribution in [2.24, 2.45) is 0 Å². The molecule has 0 saturated carbocycles. The van der Waals surface area contributed by atoms with Gasteiger partial charge in [-0.3, -0.25) is 9.69 Å². The summed E-state index contributed by atoms with van der Waals surface area (Å²) >= 11 is 10.3. The van der Waals surface area contributed by atoms with Gasteiger partial charge in [0.1, 0.15) is 6.17 Å². The fourth-order valence-electron chi connectivity index (χ4n) is 4.42. The zero-order valence-corrected chi connectivity index (χ0v) is 22.1. The second-order valence-corrected chi connectivity index (χ2v) is 9.23. The summed E-state index contributed by atoms with van der Waals surface area (Å²) in [4.78, 5) is 14.7. The fourth-order valence-corrected chi connectivity index (χ4v) is 5.04. The molecule has 4 rings (SSSR count). The molecule has 0 unspecified atom stereocenters. The number of esters is 1. The first kappa shape index (κ1) is 25.2. The maximum atomic E-state index is 12.6. The molecule has 35 heavy (non-hydrogen) atoms. The zero-order valence-electron chi connectivity index (χ0n) is 19.8. The first-order valence-corrected chi connectivity index (χ1v) is 12.0. The molecule has 0 bridgehead atoms. The number of rotatable bonds is 7. The van der Waals surface area contributed by atoms with Gasteiger partial charge in [0.2, 0.25) is 5.75 Å². The number of anilines is 1. The van der Waals surface area contributed by atoms with Crippen molar-refractivity contribution in [3.8, 4) is 17.2 Å². The van der Waals surface area contributed by atoms with Crippen LogP contribution < -0.4 is 19.5 Å². The van der Waals surface area contributed by atoms with Crippen LogP contribution in [0, 0.1) is 0 Å². The van der Waals surface area contributed by atoms with Crippen molar-refractivity contribution in [1.82, 2.24) is 4.90 Å². The second kappa shape index (κ2) is 10.8. The van der Waals surface area contributed by atoms with Crippen molar-refractivity contribution in [3.63, 3.8) is 0 Å². The second-order valence-electron chi connectivity index (χ2n) is 7.91. The molecule has 0 aliphatic carbocycles. The predicted molar refractivity (Wildman–Crippen MR) is 139 cm³/mol. The van der Waals surface area contributed by atoms with E-state index in [-0.39, 0.29) is 18.6 Å². The van der Waals surface area contributed by atoms with E-state index in [9.17, 15) is 4.79 Å². The first-order valence-electron chi connectivity index (χ1n) is 10.8. The van der Waals surface area contributed by atoms with Crippen molar-refractivity contribution in [2.75, 3.05) is 40.3 Å². The molecule has 0 spiro atoms. The van der Waals surface area contributed by atoms with Gasteiger partial charge in [0.05, 0.1) is 41.0 Å². The molecule has 3 aromatic carbocycles. The molecule has 0 fully saturated rings. The molecule has 1 N–H and O–H groups in total. The van der Waals surface area contributed by atoms with Crippen LogP contribution in [0.3, 0.4) is 0 Å². The van der Waals surface area contributed by atoms with Crippen LogP contribution in [0.4, 0.5) is 5.69 Å². The van der Waals surface area contributed by atoms with Crippen molar-refractivity contribution < 1.29 is 23.7 Å². The van der Waals surface area contributed by atoms with Crippen LogP contribution in [-0.4, -0.2) is 45.9 Å². The topological polar surface area (TPSA) is 69.3 Å². The molecule has 0 radical (unpaired) electrons. The summed E-state index contributed by atoms with van der Waals surface area (Å²) in [5, 5.41) is 4.18. The van der Waals surface area contributed by atoms with Crippen LogP contribution >= 0.6 is 27.5 Å². The molecule has 0 saturated heterocycles. The third kappa shape index (κ3) is 4.91. The highest BCUT2D eigenvalue weighted by Crippen LogP contribution is 2.48. The normalized spacial score (nSPS) is 17.2. The fraction of sp³-hybridized carbons (Fsp3) is 0.269. The van der Waals surface area contributed by atoms with Gasteiger partial charge in [-0.1, -0.05) is 45.7 Å². The van der Waals surface area contributed by atoms with Gasteiger partial charge in [-0.25, -0.2) is 0 Å². The summed E-state index contributed by atoms with van der Waals surface area (Å²) in [7, 11) is 6.08.